The minimum absolute atomic E-state index is 0.0698. The number of hydrogen-bond donors (Lipinski definition) is 0. The van der Waals surface area contributed by atoms with Gasteiger partial charge in [0, 0.05) is 17.9 Å². The van der Waals surface area contributed by atoms with Crippen LogP contribution in [0.25, 0.3) is 0 Å². The van der Waals surface area contributed by atoms with Crippen LogP contribution in [0.15, 0.2) is 40.9 Å². The van der Waals surface area contributed by atoms with Crippen molar-refractivity contribution in [2.24, 2.45) is 0 Å². The summed E-state index contributed by atoms with van der Waals surface area (Å²) in [4.78, 5) is 14.1. The van der Waals surface area contributed by atoms with Crippen molar-refractivity contribution in [3.8, 4) is 11.5 Å². The van der Waals surface area contributed by atoms with Gasteiger partial charge in [0.2, 0.25) is 5.91 Å². The number of carbonyl (C=O) groups excluding carboxylic acids is 1. The van der Waals surface area contributed by atoms with Gasteiger partial charge in [-0.1, -0.05) is 28.1 Å². The lowest BCUT2D eigenvalue weighted by molar-refractivity contribution is -0.130. The summed E-state index contributed by atoms with van der Waals surface area (Å²) in [7, 11) is 3.27. The SMILES string of the molecule is COc1cc2c(cc1OC)[C@H](c1cccc(Br)c1)N(C(C)=O)CC2. The first kappa shape index (κ1) is 16.8. The smallest absolute Gasteiger partial charge is 0.220 e. The molecule has 0 unspecified atom stereocenters. The summed E-state index contributed by atoms with van der Waals surface area (Å²) >= 11 is 3.53. The van der Waals surface area contributed by atoms with E-state index in [2.05, 4.69) is 28.1 Å². The van der Waals surface area contributed by atoms with Crippen molar-refractivity contribution < 1.29 is 14.3 Å². The van der Waals surface area contributed by atoms with E-state index in [9.17, 15) is 4.79 Å². The van der Waals surface area contributed by atoms with Crippen LogP contribution in [0.5, 0.6) is 11.5 Å². The predicted octanol–water partition coefficient (Wildman–Crippen LogP) is 3.96. The third kappa shape index (κ3) is 3.00. The molecule has 1 aliphatic rings. The molecule has 0 fully saturated rings. The number of rotatable bonds is 3. The summed E-state index contributed by atoms with van der Waals surface area (Å²) in [6, 6.07) is 12.0. The zero-order valence-electron chi connectivity index (χ0n) is 14.0. The van der Waals surface area contributed by atoms with Crippen LogP contribution in [-0.2, 0) is 11.2 Å². The second-order valence-corrected chi connectivity index (χ2v) is 6.74. The third-order valence-electron chi connectivity index (χ3n) is 4.44. The molecule has 1 aliphatic heterocycles. The Balaban J connectivity index is 2.18. The molecule has 0 aliphatic carbocycles. The molecule has 126 valence electrons. The lowest BCUT2D eigenvalue weighted by atomic mass is 9.87. The minimum Gasteiger partial charge on any atom is -0.493 e. The van der Waals surface area contributed by atoms with Gasteiger partial charge in [-0.05, 0) is 47.4 Å². The topological polar surface area (TPSA) is 38.8 Å². The highest BCUT2D eigenvalue weighted by molar-refractivity contribution is 9.10. The van der Waals surface area contributed by atoms with Crippen molar-refractivity contribution in [1.82, 2.24) is 4.90 Å². The third-order valence-corrected chi connectivity index (χ3v) is 4.94. The van der Waals surface area contributed by atoms with Crippen molar-refractivity contribution >= 4 is 21.8 Å². The Morgan fingerprint density at radius 3 is 2.50 bits per heavy atom. The normalized spacial score (nSPS) is 16.5. The Morgan fingerprint density at radius 2 is 1.88 bits per heavy atom. The Kier molecular flexibility index (Phi) is 4.81. The molecular formula is C19H20BrNO3. The van der Waals surface area contributed by atoms with Gasteiger partial charge in [-0.2, -0.15) is 0 Å². The van der Waals surface area contributed by atoms with Gasteiger partial charge >= 0.3 is 0 Å². The maximum absolute atomic E-state index is 12.2. The van der Waals surface area contributed by atoms with Gasteiger partial charge in [-0.25, -0.2) is 0 Å². The quantitative estimate of drug-likeness (QED) is 0.797. The number of benzene rings is 2. The number of methoxy groups -OCH3 is 2. The maximum atomic E-state index is 12.2. The first-order chi connectivity index (χ1) is 11.5. The number of ether oxygens (including phenoxy) is 2. The van der Waals surface area contributed by atoms with Crippen LogP contribution in [0.4, 0.5) is 0 Å². The lowest BCUT2D eigenvalue weighted by Crippen LogP contribution is -2.39. The molecule has 1 amide bonds. The fraction of sp³-hybridized carbons (Fsp3) is 0.316. The molecule has 3 rings (SSSR count). The highest BCUT2D eigenvalue weighted by Gasteiger charge is 2.31. The Bertz CT molecular complexity index is 775. The molecule has 2 aromatic rings. The van der Waals surface area contributed by atoms with Gasteiger partial charge in [-0.3, -0.25) is 4.79 Å². The number of hydrogen-bond acceptors (Lipinski definition) is 3. The van der Waals surface area contributed by atoms with Crippen LogP contribution in [-0.4, -0.2) is 31.6 Å². The molecule has 2 aromatic carbocycles. The number of fused-ring (bicyclic) bond motifs is 1. The fourth-order valence-electron chi connectivity index (χ4n) is 3.32. The largest absolute Gasteiger partial charge is 0.493 e. The van der Waals surface area contributed by atoms with Gasteiger partial charge in [0.15, 0.2) is 11.5 Å². The standard InChI is InChI=1S/C19H20BrNO3/c1-12(22)21-8-7-13-10-17(23-2)18(24-3)11-16(13)19(21)14-5-4-6-15(20)9-14/h4-6,9-11,19H,7-8H2,1-3H3/t19-/m0/s1. The van der Waals surface area contributed by atoms with Crippen LogP contribution < -0.4 is 9.47 Å². The molecule has 0 N–H and O–H groups in total. The van der Waals surface area contributed by atoms with E-state index in [1.807, 2.05) is 29.2 Å². The summed E-state index contributed by atoms with van der Waals surface area (Å²) in [5, 5.41) is 0. The van der Waals surface area contributed by atoms with E-state index >= 15 is 0 Å². The summed E-state index contributed by atoms with van der Waals surface area (Å²) in [5.74, 6) is 1.47. The molecule has 1 heterocycles. The molecular weight excluding hydrogens is 370 g/mol. The zero-order valence-corrected chi connectivity index (χ0v) is 15.6. The van der Waals surface area contributed by atoms with Gasteiger partial charge in [0.25, 0.3) is 0 Å². The molecule has 0 radical (unpaired) electrons. The molecule has 5 heteroatoms. The summed E-state index contributed by atoms with van der Waals surface area (Å²) < 4.78 is 11.9. The molecule has 4 nitrogen and oxygen atoms in total. The van der Waals surface area contributed by atoms with E-state index in [0.29, 0.717) is 12.3 Å². The van der Waals surface area contributed by atoms with Crippen molar-refractivity contribution in [2.75, 3.05) is 20.8 Å². The van der Waals surface area contributed by atoms with Crippen LogP contribution in [0.1, 0.15) is 29.7 Å². The molecule has 0 bridgehead atoms. The number of halogens is 1. The van der Waals surface area contributed by atoms with Crippen LogP contribution in [0.2, 0.25) is 0 Å². The minimum atomic E-state index is -0.122. The van der Waals surface area contributed by atoms with Gasteiger partial charge in [0.05, 0.1) is 20.3 Å². The van der Waals surface area contributed by atoms with E-state index in [-0.39, 0.29) is 11.9 Å². The average molecular weight is 390 g/mol. The molecule has 0 saturated carbocycles. The van der Waals surface area contributed by atoms with E-state index in [1.54, 1.807) is 21.1 Å². The molecule has 0 saturated heterocycles. The highest BCUT2D eigenvalue weighted by Crippen LogP contribution is 2.41. The van der Waals surface area contributed by atoms with Gasteiger partial charge in [0.1, 0.15) is 0 Å². The average Bonchev–Trinajstić information content (AvgIpc) is 2.59. The number of nitrogens with zero attached hydrogens (tertiary/aromatic N) is 1. The Labute approximate surface area is 150 Å². The fourth-order valence-corrected chi connectivity index (χ4v) is 3.74. The van der Waals surface area contributed by atoms with Crippen molar-refractivity contribution in [3.05, 3.63) is 57.6 Å². The van der Waals surface area contributed by atoms with E-state index in [4.69, 9.17) is 9.47 Å². The van der Waals surface area contributed by atoms with Crippen molar-refractivity contribution in [2.45, 2.75) is 19.4 Å². The maximum Gasteiger partial charge on any atom is 0.220 e. The van der Waals surface area contributed by atoms with E-state index < -0.39 is 0 Å². The Morgan fingerprint density at radius 1 is 1.17 bits per heavy atom. The molecule has 1 atom stereocenters. The summed E-state index contributed by atoms with van der Waals surface area (Å²) in [6.07, 6.45) is 0.805. The number of amides is 1. The molecule has 0 aromatic heterocycles. The lowest BCUT2D eigenvalue weighted by Gasteiger charge is -2.37. The Hall–Kier alpha value is -2.01. The molecule has 0 spiro atoms. The van der Waals surface area contributed by atoms with Crippen LogP contribution in [0.3, 0.4) is 0 Å². The first-order valence-corrected chi connectivity index (χ1v) is 8.62. The zero-order chi connectivity index (χ0) is 17.3. The van der Waals surface area contributed by atoms with Crippen molar-refractivity contribution in [3.63, 3.8) is 0 Å². The number of carbonyl (C=O) groups is 1. The monoisotopic (exact) mass is 389 g/mol. The van der Waals surface area contributed by atoms with E-state index in [1.165, 1.54) is 5.56 Å². The summed E-state index contributed by atoms with van der Waals surface area (Å²) in [6.45, 7) is 2.31. The second kappa shape index (κ2) is 6.85. The van der Waals surface area contributed by atoms with E-state index in [0.717, 1.165) is 27.8 Å². The van der Waals surface area contributed by atoms with Gasteiger partial charge < -0.3 is 14.4 Å². The highest BCUT2D eigenvalue weighted by atomic mass is 79.9. The van der Waals surface area contributed by atoms with Crippen molar-refractivity contribution in [1.29, 1.82) is 0 Å². The van der Waals surface area contributed by atoms with Crippen LogP contribution >= 0.6 is 15.9 Å². The predicted molar refractivity (Wildman–Crippen MR) is 96.6 cm³/mol. The molecule has 24 heavy (non-hydrogen) atoms. The van der Waals surface area contributed by atoms with Crippen LogP contribution in [0, 0.1) is 0 Å². The summed E-state index contributed by atoms with van der Waals surface area (Å²) in [5.41, 5.74) is 3.36. The van der Waals surface area contributed by atoms with Gasteiger partial charge in [-0.15, -0.1) is 0 Å². The second-order valence-electron chi connectivity index (χ2n) is 5.83. The first-order valence-electron chi connectivity index (χ1n) is 7.82.